The van der Waals surface area contributed by atoms with Crippen LogP contribution in [-0.4, -0.2) is 6.54 Å². The molecule has 0 saturated heterocycles. The van der Waals surface area contributed by atoms with Crippen LogP contribution in [-0.2, 0) is 0 Å². The fraction of sp³-hybridized carbons (Fsp3) is 0.385. The van der Waals surface area contributed by atoms with Crippen molar-refractivity contribution in [3.63, 3.8) is 0 Å². The minimum atomic E-state index is 0.501. The summed E-state index contributed by atoms with van der Waals surface area (Å²) in [5.74, 6) is 6.56. The van der Waals surface area contributed by atoms with Gasteiger partial charge >= 0.3 is 0 Å². The average molecular weight is 202 g/mol. The van der Waals surface area contributed by atoms with E-state index in [0.29, 0.717) is 18.9 Å². The highest BCUT2D eigenvalue weighted by atomic mass is 14.6. The molecule has 4 N–H and O–H groups in total. The van der Waals surface area contributed by atoms with E-state index < -0.39 is 0 Å². The second kappa shape index (κ2) is 5.43. The molecule has 0 fully saturated rings. The zero-order valence-electron chi connectivity index (χ0n) is 9.38. The van der Waals surface area contributed by atoms with Crippen molar-refractivity contribution in [2.24, 2.45) is 5.73 Å². The lowest BCUT2D eigenvalue weighted by Gasteiger charge is -2.07. The molecule has 0 aliphatic carbocycles. The highest BCUT2D eigenvalue weighted by molar-refractivity contribution is 5.57. The maximum atomic E-state index is 5.84. The topological polar surface area (TPSA) is 52.0 Å². The van der Waals surface area contributed by atoms with Crippen LogP contribution >= 0.6 is 0 Å². The third-order valence-corrected chi connectivity index (χ3v) is 2.24. The van der Waals surface area contributed by atoms with Crippen molar-refractivity contribution >= 4 is 5.69 Å². The van der Waals surface area contributed by atoms with Gasteiger partial charge in [-0.25, -0.2) is 0 Å². The van der Waals surface area contributed by atoms with Gasteiger partial charge < -0.3 is 11.5 Å². The number of nitrogens with two attached hydrogens (primary N) is 2. The number of benzene rings is 1. The predicted molar refractivity (Wildman–Crippen MR) is 65.5 cm³/mol. The smallest absolute Gasteiger partial charge is 0.0477 e. The SMILES string of the molecule is CC(C)c1ccc(N)c(C#CCCN)c1. The molecule has 0 aliphatic heterocycles. The quantitative estimate of drug-likeness (QED) is 0.570. The first-order chi connectivity index (χ1) is 7.15. The Bertz CT molecular complexity index is 383. The summed E-state index contributed by atoms with van der Waals surface area (Å²) in [5, 5.41) is 0. The fourth-order valence-electron chi connectivity index (χ4n) is 1.27. The van der Waals surface area contributed by atoms with Crippen LogP contribution in [0, 0.1) is 11.8 Å². The molecule has 0 saturated carbocycles. The van der Waals surface area contributed by atoms with E-state index in [-0.39, 0.29) is 0 Å². The zero-order valence-corrected chi connectivity index (χ0v) is 9.38. The molecule has 0 heterocycles. The molecule has 80 valence electrons. The highest BCUT2D eigenvalue weighted by Gasteiger charge is 2.01. The van der Waals surface area contributed by atoms with Gasteiger partial charge in [0.15, 0.2) is 0 Å². The lowest BCUT2D eigenvalue weighted by atomic mass is 10.00. The molecule has 0 amide bonds. The van der Waals surface area contributed by atoms with E-state index >= 15 is 0 Å². The van der Waals surface area contributed by atoms with E-state index in [1.807, 2.05) is 12.1 Å². The number of anilines is 1. The molecule has 1 rings (SSSR count). The van der Waals surface area contributed by atoms with Crippen molar-refractivity contribution in [2.45, 2.75) is 26.2 Å². The molecular formula is C13H18N2. The van der Waals surface area contributed by atoms with Crippen LogP contribution in [0.5, 0.6) is 0 Å². The van der Waals surface area contributed by atoms with Gasteiger partial charge in [-0.3, -0.25) is 0 Å². The summed E-state index contributed by atoms with van der Waals surface area (Å²) < 4.78 is 0. The van der Waals surface area contributed by atoms with Crippen LogP contribution in [0.1, 0.15) is 37.3 Å². The molecule has 0 aliphatic rings. The van der Waals surface area contributed by atoms with Crippen LogP contribution < -0.4 is 11.5 Å². The summed E-state index contributed by atoms with van der Waals surface area (Å²) in [6.45, 7) is 4.90. The Balaban J connectivity index is 2.97. The average Bonchev–Trinajstić information content (AvgIpc) is 2.20. The van der Waals surface area contributed by atoms with Crippen molar-refractivity contribution in [3.05, 3.63) is 29.3 Å². The molecular weight excluding hydrogens is 184 g/mol. The molecule has 0 radical (unpaired) electrons. The molecule has 2 heteroatoms. The van der Waals surface area contributed by atoms with E-state index in [0.717, 1.165) is 11.3 Å². The van der Waals surface area contributed by atoms with Crippen molar-refractivity contribution in [1.82, 2.24) is 0 Å². The Labute approximate surface area is 91.7 Å². The number of hydrogen-bond donors (Lipinski definition) is 2. The van der Waals surface area contributed by atoms with E-state index in [1.54, 1.807) is 0 Å². The van der Waals surface area contributed by atoms with Crippen LogP contribution in [0.3, 0.4) is 0 Å². The molecule has 1 aromatic carbocycles. The van der Waals surface area contributed by atoms with Crippen molar-refractivity contribution in [1.29, 1.82) is 0 Å². The third-order valence-electron chi connectivity index (χ3n) is 2.24. The Morgan fingerprint density at radius 2 is 2.07 bits per heavy atom. The summed E-state index contributed by atoms with van der Waals surface area (Å²) in [7, 11) is 0. The first-order valence-electron chi connectivity index (χ1n) is 5.23. The molecule has 0 unspecified atom stereocenters. The van der Waals surface area contributed by atoms with Gasteiger partial charge in [-0.2, -0.15) is 0 Å². The van der Waals surface area contributed by atoms with Gasteiger partial charge in [0, 0.05) is 24.2 Å². The van der Waals surface area contributed by atoms with Crippen molar-refractivity contribution < 1.29 is 0 Å². The van der Waals surface area contributed by atoms with Crippen molar-refractivity contribution in [3.8, 4) is 11.8 Å². The van der Waals surface area contributed by atoms with Gasteiger partial charge in [0.1, 0.15) is 0 Å². The summed E-state index contributed by atoms with van der Waals surface area (Å²) in [6.07, 6.45) is 0.714. The number of rotatable bonds is 2. The van der Waals surface area contributed by atoms with Crippen LogP contribution in [0.25, 0.3) is 0 Å². The molecule has 0 aromatic heterocycles. The monoisotopic (exact) mass is 202 g/mol. The lowest BCUT2D eigenvalue weighted by Crippen LogP contribution is -1.96. The summed E-state index contributed by atoms with van der Waals surface area (Å²) >= 11 is 0. The molecule has 0 bridgehead atoms. The largest absolute Gasteiger partial charge is 0.398 e. The Kier molecular flexibility index (Phi) is 4.20. The van der Waals surface area contributed by atoms with Crippen LogP contribution in [0.4, 0.5) is 5.69 Å². The lowest BCUT2D eigenvalue weighted by molar-refractivity contribution is 0.866. The number of hydrogen-bond acceptors (Lipinski definition) is 2. The standard InChI is InChI=1S/C13H18N2/c1-10(2)11-6-7-13(15)12(9-11)5-3-4-8-14/h6-7,9-10H,4,8,14-15H2,1-2H3. The van der Waals surface area contributed by atoms with Gasteiger partial charge in [0.2, 0.25) is 0 Å². The van der Waals surface area contributed by atoms with Crippen molar-refractivity contribution in [2.75, 3.05) is 12.3 Å². The van der Waals surface area contributed by atoms with Gasteiger partial charge in [0.05, 0.1) is 0 Å². The minimum Gasteiger partial charge on any atom is -0.398 e. The molecule has 15 heavy (non-hydrogen) atoms. The van der Waals surface area contributed by atoms with Crippen LogP contribution in [0.15, 0.2) is 18.2 Å². The summed E-state index contributed by atoms with van der Waals surface area (Å²) in [6, 6.07) is 6.03. The van der Waals surface area contributed by atoms with E-state index in [1.165, 1.54) is 5.56 Å². The Hall–Kier alpha value is -1.46. The minimum absolute atomic E-state index is 0.501. The Morgan fingerprint density at radius 3 is 2.67 bits per heavy atom. The second-order valence-corrected chi connectivity index (χ2v) is 3.84. The van der Waals surface area contributed by atoms with E-state index in [4.69, 9.17) is 11.5 Å². The molecule has 0 spiro atoms. The van der Waals surface area contributed by atoms with Gasteiger partial charge in [0.25, 0.3) is 0 Å². The first-order valence-corrected chi connectivity index (χ1v) is 5.23. The number of nitrogen functional groups attached to an aromatic ring is 1. The molecule has 0 atom stereocenters. The molecule has 1 aromatic rings. The van der Waals surface area contributed by atoms with Crippen LogP contribution in [0.2, 0.25) is 0 Å². The first kappa shape index (κ1) is 11.6. The van der Waals surface area contributed by atoms with E-state index in [2.05, 4.69) is 31.8 Å². The summed E-state index contributed by atoms with van der Waals surface area (Å²) in [4.78, 5) is 0. The maximum Gasteiger partial charge on any atom is 0.0477 e. The maximum absolute atomic E-state index is 5.84. The Morgan fingerprint density at radius 1 is 1.33 bits per heavy atom. The normalized spacial score (nSPS) is 9.87. The van der Waals surface area contributed by atoms with E-state index in [9.17, 15) is 0 Å². The highest BCUT2D eigenvalue weighted by Crippen LogP contribution is 2.19. The third kappa shape index (κ3) is 3.30. The predicted octanol–water partition coefficient (Wildman–Crippen LogP) is 2.09. The molecule has 2 nitrogen and oxygen atoms in total. The van der Waals surface area contributed by atoms with Gasteiger partial charge in [-0.15, -0.1) is 0 Å². The van der Waals surface area contributed by atoms with Gasteiger partial charge in [-0.05, 0) is 23.6 Å². The fourth-order valence-corrected chi connectivity index (χ4v) is 1.27. The zero-order chi connectivity index (χ0) is 11.3. The van der Waals surface area contributed by atoms with Gasteiger partial charge in [-0.1, -0.05) is 31.8 Å². The summed E-state index contributed by atoms with van der Waals surface area (Å²) in [5.41, 5.74) is 14.1. The second-order valence-electron chi connectivity index (χ2n) is 3.84.